The van der Waals surface area contributed by atoms with Crippen LogP contribution in [0.2, 0.25) is 0 Å². The zero-order valence-electron chi connectivity index (χ0n) is 14.5. The molecule has 1 amide bonds. The first-order valence-corrected chi connectivity index (χ1v) is 8.25. The Hall–Kier alpha value is -2.89. The van der Waals surface area contributed by atoms with Crippen LogP contribution >= 0.6 is 0 Å². The number of aromatic nitrogens is 1. The van der Waals surface area contributed by atoms with Gasteiger partial charge in [-0.15, -0.1) is 0 Å². The Morgan fingerprint density at radius 1 is 1.16 bits per heavy atom. The molecular weight excluding hydrogens is 320 g/mol. The molecule has 2 aromatic heterocycles. The van der Waals surface area contributed by atoms with Crippen molar-refractivity contribution in [1.29, 1.82) is 0 Å². The Kier molecular flexibility index (Phi) is 4.70. The van der Waals surface area contributed by atoms with Crippen LogP contribution in [0.3, 0.4) is 0 Å². The van der Waals surface area contributed by atoms with Crippen molar-refractivity contribution in [1.82, 2.24) is 10.5 Å². The summed E-state index contributed by atoms with van der Waals surface area (Å²) in [7, 11) is 0. The van der Waals surface area contributed by atoms with Crippen LogP contribution in [0.15, 0.2) is 38.0 Å². The Bertz CT molecular complexity index is 985. The number of aryl methyl sites for hydroxylation is 3. The Balaban J connectivity index is 1.79. The summed E-state index contributed by atoms with van der Waals surface area (Å²) < 4.78 is 10.8. The SMILES string of the molecule is CCCc1cc(CNC(=O)c2cc(=O)c3cc(C)c(C)cc3o2)on1. The van der Waals surface area contributed by atoms with Crippen LogP contribution in [0.1, 0.15) is 46.5 Å². The first-order valence-electron chi connectivity index (χ1n) is 8.25. The van der Waals surface area contributed by atoms with Crippen LogP contribution in [0, 0.1) is 13.8 Å². The lowest BCUT2D eigenvalue weighted by atomic mass is 10.1. The van der Waals surface area contributed by atoms with Crippen molar-refractivity contribution in [2.45, 2.75) is 40.2 Å². The normalized spacial score (nSPS) is 11.0. The van der Waals surface area contributed by atoms with Gasteiger partial charge in [0.15, 0.2) is 16.9 Å². The van der Waals surface area contributed by atoms with E-state index in [0.717, 1.165) is 29.7 Å². The topological polar surface area (TPSA) is 85.3 Å². The molecule has 0 saturated carbocycles. The minimum Gasteiger partial charge on any atom is -0.451 e. The number of hydrogen-bond donors (Lipinski definition) is 1. The van der Waals surface area contributed by atoms with Gasteiger partial charge in [-0.25, -0.2) is 0 Å². The summed E-state index contributed by atoms with van der Waals surface area (Å²) in [6, 6.07) is 6.58. The maximum absolute atomic E-state index is 12.3. The van der Waals surface area contributed by atoms with Gasteiger partial charge in [0.1, 0.15) is 5.58 Å². The number of carbonyl (C=O) groups is 1. The third-order valence-corrected chi connectivity index (χ3v) is 4.10. The van der Waals surface area contributed by atoms with Crippen molar-refractivity contribution in [3.05, 3.63) is 62.8 Å². The van der Waals surface area contributed by atoms with Gasteiger partial charge in [0.25, 0.3) is 5.91 Å². The van der Waals surface area contributed by atoms with E-state index in [4.69, 9.17) is 8.94 Å². The summed E-state index contributed by atoms with van der Waals surface area (Å²) in [6.07, 6.45) is 1.80. The molecule has 6 nitrogen and oxygen atoms in total. The highest BCUT2D eigenvalue weighted by Crippen LogP contribution is 2.18. The summed E-state index contributed by atoms with van der Waals surface area (Å²) in [5, 5.41) is 7.08. The number of fused-ring (bicyclic) bond motifs is 1. The summed E-state index contributed by atoms with van der Waals surface area (Å²) in [6.45, 7) is 6.10. The average molecular weight is 340 g/mol. The van der Waals surface area contributed by atoms with Crippen LogP contribution in [0.4, 0.5) is 0 Å². The van der Waals surface area contributed by atoms with E-state index in [1.807, 2.05) is 19.9 Å². The second kappa shape index (κ2) is 6.93. The number of carbonyl (C=O) groups excluding carboxylic acids is 1. The summed E-state index contributed by atoms with van der Waals surface area (Å²) in [4.78, 5) is 24.5. The van der Waals surface area contributed by atoms with Crippen molar-refractivity contribution >= 4 is 16.9 Å². The second-order valence-electron chi connectivity index (χ2n) is 6.12. The van der Waals surface area contributed by atoms with Gasteiger partial charge in [0, 0.05) is 12.1 Å². The highest BCUT2D eigenvalue weighted by atomic mass is 16.5. The number of amides is 1. The van der Waals surface area contributed by atoms with E-state index in [2.05, 4.69) is 17.4 Å². The van der Waals surface area contributed by atoms with Crippen molar-refractivity contribution in [3.8, 4) is 0 Å². The standard InChI is InChI=1S/C19H20N2O4/c1-4-5-13-8-14(25-21-13)10-20-19(23)18-9-16(22)15-6-11(2)12(3)7-17(15)24-18/h6-9H,4-5,10H2,1-3H3,(H,20,23). The van der Waals surface area contributed by atoms with Crippen LogP contribution in [-0.4, -0.2) is 11.1 Å². The van der Waals surface area contributed by atoms with Crippen LogP contribution in [0.5, 0.6) is 0 Å². The third-order valence-electron chi connectivity index (χ3n) is 4.10. The number of benzene rings is 1. The number of rotatable bonds is 5. The van der Waals surface area contributed by atoms with Crippen molar-refractivity contribution in [2.75, 3.05) is 0 Å². The Morgan fingerprint density at radius 3 is 2.68 bits per heavy atom. The predicted octanol–water partition coefficient (Wildman–Crippen LogP) is 3.28. The lowest BCUT2D eigenvalue weighted by Crippen LogP contribution is -2.23. The maximum Gasteiger partial charge on any atom is 0.287 e. The molecule has 0 spiro atoms. The molecule has 0 saturated heterocycles. The van der Waals surface area contributed by atoms with E-state index in [1.54, 1.807) is 12.1 Å². The highest BCUT2D eigenvalue weighted by Gasteiger charge is 2.14. The monoisotopic (exact) mass is 340 g/mol. The summed E-state index contributed by atoms with van der Waals surface area (Å²) in [5.41, 5.74) is 3.03. The smallest absolute Gasteiger partial charge is 0.287 e. The van der Waals surface area contributed by atoms with E-state index < -0.39 is 5.91 Å². The molecule has 0 unspecified atom stereocenters. The molecule has 25 heavy (non-hydrogen) atoms. The fourth-order valence-corrected chi connectivity index (χ4v) is 2.59. The van der Waals surface area contributed by atoms with Gasteiger partial charge in [-0.3, -0.25) is 9.59 Å². The fraction of sp³-hybridized carbons (Fsp3) is 0.316. The Labute approximate surface area is 144 Å². The molecule has 0 atom stereocenters. The minimum absolute atomic E-state index is 0.0194. The molecule has 6 heteroatoms. The minimum atomic E-state index is -0.467. The lowest BCUT2D eigenvalue weighted by Gasteiger charge is -2.06. The number of hydrogen-bond acceptors (Lipinski definition) is 5. The Morgan fingerprint density at radius 2 is 1.92 bits per heavy atom. The van der Waals surface area contributed by atoms with E-state index in [-0.39, 0.29) is 17.7 Å². The molecule has 0 radical (unpaired) electrons. The van der Waals surface area contributed by atoms with Crippen molar-refractivity contribution in [3.63, 3.8) is 0 Å². The number of nitrogens with zero attached hydrogens (tertiary/aromatic N) is 1. The van der Waals surface area contributed by atoms with Gasteiger partial charge < -0.3 is 14.3 Å². The molecule has 0 aliphatic rings. The summed E-state index contributed by atoms with van der Waals surface area (Å²) >= 11 is 0. The van der Waals surface area contributed by atoms with Gasteiger partial charge in [0.2, 0.25) is 0 Å². The third kappa shape index (κ3) is 3.63. The van der Waals surface area contributed by atoms with Gasteiger partial charge >= 0.3 is 0 Å². The first-order chi connectivity index (χ1) is 12.0. The predicted molar refractivity (Wildman–Crippen MR) is 93.6 cm³/mol. The van der Waals surface area contributed by atoms with Crippen LogP contribution in [-0.2, 0) is 13.0 Å². The zero-order valence-corrected chi connectivity index (χ0v) is 14.5. The lowest BCUT2D eigenvalue weighted by molar-refractivity contribution is 0.0920. The van der Waals surface area contributed by atoms with Crippen LogP contribution in [0.25, 0.3) is 11.0 Å². The quantitative estimate of drug-likeness (QED) is 0.770. The molecule has 3 aromatic rings. The highest BCUT2D eigenvalue weighted by molar-refractivity contribution is 5.93. The molecule has 2 heterocycles. The van der Waals surface area contributed by atoms with Gasteiger partial charge in [-0.05, 0) is 43.5 Å². The first kappa shape index (κ1) is 17.0. The largest absolute Gasteiger partial charge is 0.451 e. The second-order valence-corrected chi connectivity index (χ2v) is 6.12. The molecule has 130 valence electrons. The van der Waals surface area contributed by atoms with Crippen molar-refractivity contribution < 1.29 is 13.7 Å². The van der Waals surface area contributed by atoms with E-state index in [9.17, 15) is 9.59 Å². The number of nitrogens with one attached hydrogen (secondary N) is 1. The van der Waals surface area contributed by atoms with Crippen molar-refractivity contribution in [2.24, 2.45) is 0 Å². The molecule has 0 aliphatic carbocycles. The van der Waals surface area contributed by atoms with Gasteiger partial charge in [-0.1, -0.05) is 18.5 Å². The molecule has 1 aromatic carbocycles. The molecule has 0 fully saturated rings. The zero-order chi connectivity index (χ0) is 18.0. The van der Waals surface area contributed by atoms with E-state index in [1.165, 1.54) is 6.07 Å². The molecular formula is C19H20N2O4. The van der Waals surface area contributed by atoms with Crippen LogP contribution < -0.4 is 10.7 Å². The fourth-order valence-electron chi connectivity index (χ4n) is 2.59. The van der Waals surface area contributed by atoms with Gasteiger partial charge in [0.05, 0.1) is 17.6 Å². The average Bonchev–Trinajstić information content (AvgIpc) is 3.02. The van der Waals surface area contributed by atoms with Gasteiger partial charge in [-0.2, -0.15) is 0 Å². The molecule has 3 rings (SSSR count). The molecule has 1 N–H and O–H groups in total. The summed E-state index contributed by atoms with van der Waals surface area (Å²) in [5.74, 6) is 0.0751. The molecule has 0 aliphatic heterocycles. The maximum atomic E-state index is 12.3. The van der Waals surface area contributed by atoms with E-state index >= 15 is 0 Å². The molecule has 0 bridgehead atoms. The van der Waals surface area contributed by atoms with E-state index in [0.29, 0.717) is 16.7 Å².